The van der Waals surface area contributed by atoms with Crippen molar-refractivity contribution in [3.8, 4) is 11.3 Å². The SMILES string of the molecule is Clc1cc(-c2cnc3ccccn23)cnn1. The lowest BCUT2D eigenvalue weighted by Crippen LogP contribution is -1.89. The maximum absolute atomic E-state index is 5.81. The summed E-state index contributed by atoms with van der Waals surface area (Å²) in [7, 11) is 0. The number of hydrogen-bond donors (Lipinski definition) is 0. The zero-order chi connectivity index (χ0) is 11.0. The van der Waals surface area contributed by atoms with Crippen molar-refractivity contribution in [3.05, 3.63) is 48.0 Å². The van der Waals surface area contributed by atoms with E-state index in [1.165, 1.54) is 0 Å². The molecule has 3 aromatic heterocycles. The predicted octanol–water partition coefficient (Wildman–Crippen LogP) is 2.44. The minimum atomic E-state index is 0.378. The smallest absolute Gasteiger partial charge is 0.152 e. The summed E-state index contributed by atoms with van der Waals surface area (Å²) in [5.41, 5.74) is 2.75. The summed E-state index contributed by atoms with van der Waals surface area (Å²) in [5.74, 6) is 0. The van der Waals surface area contributed by atoms with Crippen molar-refractivity contribution in [3.63, 3.8) is 0 Å². The van der Waals surface area contributed by atoms with Gasteiger partial charge in [0, 0.05) is 11.8 Å². The van der Waals surface area contributed by atoms with Crippen LogP contribution in [0.2, 0.25) is 5.15 Å². The molecule has 4 nitrogen and oxygen atoms in total. The average molecular weight is 231 g/mol. The molecule has 0 aromatic carbocycles. The average Bonchev–Trinajstić information content (AvgIpc) is 2.72. The Kier molecular flexibility index (Phi) is 2.08. The van der Waals surface area contributed by atoms with Crippen molar-refractivity contribution in [2.45, 2.75) is 0 Å². The van der Waals surface area contributed by atoms with Gasteiger partial charge in [-0.25, -0.2) is 4.98 Å². The number of halogens is 1. The number of aromatic nitrogens is 4. The van der Waals surface area contributed by atoms with Crippen molar-refractivity contribution >= 4 is 17.2 Å². The molecular weight excluding hydrogens is 224 g/mol. The lowest BCUT2D eigenvalue weighted by molar-refractivity contribution is 1.03. The van der Waals surface area contributed by atoms with Crippen LogP contribution in [-0.4, -0.2) is 19.6 Å². The van der Waals surface area contributed by atoms with Crippen molar-refractivity contribution in [1.82, 2.24) is 19.6 Å². The van der Waals surface area contributed by atoms with E-state index >= 15 is 0 Å². The van der Waals surface area contributed by atoms with Crippen LogP contribution in [0.5, 0.6) is 0 Å². The molecule has 0 N–H and O–H groups in total. The molecule has 5 heteroatoms. The van der Waals surface area contributed by atoms with Crippen molar-refractivity contribution < 1.29 is 0 Å². The van der Waals surface area contributed by atoms with Crippen molar-refractivity contribution in [2.75, 3.05) is 0 Å². The number of pyridine rings is 1. The first-order valence-electron chi connectivity index (χ1n) is 4.75. The normalized spacial score (nSPS) is 10.8. The van der Waals surface area contributed by atoms with E-state index in [4.69, 9.17) is 11.6 Å². The predicted molar refractivity (Wildman–Crippen MR) is 61.2 cm³/mol. The van der Waals surface area contributed by atoms with Crippen LogP contribution < -0.4 is 0 Å². The monoisotopic (exact) mass is 230 g/mol. The van der Waals surface area contributed by atoms with Gasteiger partial charge in [0.2, 0.25) is 0 Å². The van der Waals surface area contributed by atoms with Gasteiger partial charge in [-0.2, -0.15) is 5.10 Å². The first kappa shape index (κ1) is 9.30. The van der Waals surface area contributed by atoms with Gasteiger partial charge in [0.25, 0.3) is 0 Å². The number of rotatable bonds is 1. The van der Waals surface area contributed by atoms with Gasteiger partial charge in [-0.3, -0.25) is 4.40 Å². The molecule has 0 spiro atoms. The van der Waals surface area contributed by atoms with Gasteiger partial charge in [0.05, 0.1) is 18.1 Å². The third-order valence-corrected chi connectivity index (χ3v) is 2.52. The summed E-state index contributed by atoms with van der Waals surface area (Å²) in [6.07, 6.45) is 5.41. The van der Waals surface area contributed by atoms with Crippen LogP contribution in [0.3, 0.4) is 0 Å². The first-order chi connectivity index (χ1) is 7.84. The molecule has 0 radical (unpaired) electrons. The van der Waals surface area contributed by atoms with Crippen LogP contribution >= 0.6 is 11.6 Å². The molecule has 16 heavy (non-hydrogen) atoms. The highest BCUT2D eigenvalue weighted by molar-refractivity contribution is 6.29. The molecule has 0 atom stereocenters. The van der Waals surface area contributed by atoms with Crippen LogP contribution in [-0.2, 0) is 0 Å². The molecule has 0 amide bonds. The second kappa shape index (κ2) is 3.57. The third-order valence-electron chi connectivity index (χ3n) is 2.34. The minimum absolute atomic E-state index is 0.378. The van der Waals surface area contributed by atoms with E-state index in [0.29, 0.717) is 5.15 Å². The molecule has 78 valence electrons. The maximum Gasteiger partial charge on any atom is 0.152 e. The first-order valence-corrected chi connectivity index (χ1v) is 5.13. The molecule has 0 aliphatic carbocycles. The fourth-order valence-corrected chi connectivity index (χ4v) is 1.79. The second-order valence-electron chi connectivity index (χ2n) is 3.34. The van der Waals surface area contributed by atoms with E-state index in [-0.39, 0.29) is 0 Å². The Morgan fingerprint density at radius 2 is 2.12 bits per heavy atom. The third kappa shape index (κ3) is 1.44. The molecule has 0 bridgehead atoms. The van der Waals surface area contributed by atoms with Crippen molar-refractivity contribution in [2.24, 2.45) is 0 Å². The largest absolute Gasteiger partial charge is 0.300 e. The minimum Gasteiger partial charge on any atom is -0.300 e. The molecule has 0 saturated carbocycles. The van der Waals surface area contributed by atoms with E-state index in [0.717, 1.165) is 16.9 Å². The van der Waals surface area contributed by atoms with Gasteiger partial charge in [0.1, 0.15) is 5.65 Å². The molecule has 0 saturated heterocycles. The van der Waals surface area contributed by atoms with E-state index < -0.39 is 0 Å². The van der Waals surface area contributed by atoms with E-state index in [9.17, 15) is 0 Å². The van der Waals surface area contributed by atoms with Crippen LogP contribution in [0.15, 0.2) is 42.9 Å². The Bertz CT molecular complexity index is 647. The van der Waals surface area contributed by atoms with Gasteiger partial charge in [-0.05, 0) is 18.2 Å². The summed E-state index contributed by atoms with van der Waals surface area (Å²) in [6, 6.07) is 7.61. The number of fused-ring (bicyclic) bond motifs is 1. The second-order valence-corrected chi connectivity index (χ2v) is 3.73. The molecule has 0 aliphatic rings. The molecule has 3 heterocycles. The van der Waals surface area contributed by atoms with Crippen LogP contribution in [0.25, 0.3) is 16.9 Å². The summed E-state index contributed by atoms with van der Waals surface area (Å²) >= 11 is 5.81. The Morgan fingerprint density at radius 3 is 3.00 bits per heavy atom. The van der Waals surface area contributed by atoms with Gasteiger partial charge in [0.15, 0.2) is 5.15 Å². The topological polar surface area (TPSA) is 43.1 Å². The molecular formula is C11H7ClN4. The Labute approximate surface area is 96.5 Å². The summed E-state index contributed by atoms with van der Waals surface area (Å²) in [4.78, 5) is 4.30. The fourth-order valence-electron chi connectivity index (χ4n) is 1.63. The van der Waals surface area contributed by atoms with Crippen molar-refractivity contribution in [1.29, 1.82) is 0 Å². The zero-order valence-corrected chi connectivity index (χ0v) is 8.96. The maximum atomic E-state index is 5.81. The summed E-state index contributed by atoms with van der Waals surface area (Å²) in [6.45, 7) is 0. The van der Waals surface area contributed by atoms with Crippen LogP contribution in [0, 0.1) is 0 Å². The number of imidazole rings is 1. The summed E-state index contributed by atoms with van der Waals surface area (Å²) in [5, 5.41) is 7.92. The van der Waals surface area contributed by atoms with Crippen LogP contribution in [0.4, 0.5) is 0 Å². The van der Waals surface area contributed by atoms with E-state index in [1.807, 2.05) is 28.8 Å². The Hall–Kier alpha value is -1.94. The van der Waals surface area contributed by atoms with Gasteiger partial charge < -0.3 is 0 Å². The highest BCUT2D eigenvalue weighted by atomic mass is 35.5. The molecule has 3 rings (SSSR count). The molecule has 0 unspecified atom stereocenters. The molecule has 0 fully saturated rings. The molecule has 0 aliphatic heterocycles. The van der Waals surface area contributed by atoms with Gasteiger partial charge in [-0.15, -0.1) is 5.10 Å². The highest BCUT2D eigenvalue weighted by Gasteiger charge is 2.06. The standard InChI is InChI=1S/C11H7ClN4/c12-10-5-8(6-14-15-10)9-7-13-11-3-1-2-4-16(9)11/h1-7H. The Balaban J connectivity index is 2.26. The lowest BCUT2D eigenvalue weighted by Gasteiger charge is -2.00. The Morgan fingerprint density at radius 1 is 1.19 bits per heavy atom. The highest BCUT2D eigenvalue weighted by Crippen LogP contribution is 2.21. The van der Waals surface area contributed by atoms with E-state index in [1.54, 1.807) is 18.5 Å². The lowest BCUT2D eigenvalue weighted by atomic mass is 10.2. The quantitative estimate of drug-likeness (QED) is 0.645. The zero-order valence-electron chi connectivity index (χ0n) is 8.21. The van der Waals surface area contributed by atoms with Crippen LogP contribution in [0.1, 0.15) is 0 Å². The fraction of sp³-hybridized carbons (Fsp3) is 0. The number of hydrogen-bond acceptors (Lipinski definition) is 3. The number of nitrogens with zero attached hydrogens (tertiary/aromatic N) is 4. The van der Waals surface area contributed by atoms with Gasteiger partial charge >= 0.3 is 0 Å². The molecule has 3 aromatic rings. The van der Waals surface area contributed by atoms with Gasteiger partial charge in [-0.1, -0.05) is 17.7 Å². The summed E-state index contributed by atoms with van der Waals surface area (Å²) < 4.78 is 1.98. The van der Waals surface area contributed by atoms with E-state index in [2.05, 4.69) is 15.2 Å².